The van der Waals surface area contributed by atoms with Crippen molar-refractivity contribution in [3.05, 3.63) is 71.1 Å². The quantitative estimate of drug-likeness (QED) is 0.746. The first-order chi connectivity index (χ1) is 10.2. The Morgan fingerprint density at radius 2 is 1.86 bits per heavy atom. The molecule has 0 saturated carbocycles. The molecule has 21 heavy (non-hydrogen) atoms. The number of benzene rings is 1. The molecular formula is C20H25N. The molecule has 1 nitrogen and oxygen atoms in total. The van der Waals surface area contributed by atoms with Crippen LogP contribution in [0.4, 0.5) is 0 Å². The highest BCUT2D eigenvalue weighted by atomic mass is 15.2. The van der Waals surface area contributed by atoms with E-state index in [-0.39, 0.29) is 5.41 Å². The molecule has 110 valence electrons. The van der Waals surface area contributed by atoms with E-state index in [2.05, 4.69) is 74.2 Å². The van der Waals surface area contributed by atoms with Gasteiger partial charge in [0, 0.05) is 23.4 Å². The minimum absolute atomic E-state index is 0.109. The molecule has 0 bridgehead atoms. The molecule has 0 N–H and O–H groups in total. The summed E-state index contributed by atoms with van der Waals surface area (Å²) in [5.41, 5.74) is 5.98. The zero-order valence-corrected chi connectivity index (χ0v) is 13.4. The van der Waals surface area contributed by atoms with Gasteiger partial charge in [-0.3, -0.25) is 0 Å². The van der Waals surface area contributed by atoms with Gasteiger partial charge in [-0.1, -0.05) is 48.6 Å². The average Bonchev–Trinajstić information content (AvgIpc) is 2.76. The molecule has 1 unspecified atom stereocenters. The van der Waals surface area contributed by atoms with Gasteiger partial charge in [0.25, 0.3) is 0 Å². The Hall–Kier alpha value is -1.76. The Labute approximate surface area is 128 Å². The number of likely N-dealkylation sites (tertiary alicyclic amines) is 1. The summed E-state index contributed by atoms with van der Waals surface area (Å²) in [6, 6.07) is 10.9. The van der Waals surface area contributed by atoms with Crippen molar-refractivity contribution >= 4 is 0 Å². The predicted molar refractivity (Wildman–Crippen MR) is 89.8 cm³/mol. The molecule has 1 heterocycles. The first kappa shape index (κ1) is 14.2. The number of hydrogen-bond donors (Lipinski definition) is 0. The summed E-state index contributed by atoms with van der Waals surface area (Å²) < 4.78 is 0. The van der Waals surface area contributed by atoms with Crippen molar-refractivity contribution in [1.29, 1.82) is 0 Å². The first-order valence-corrected chi connectivity index (χ1v) is 8.10. The van der Waals surface area contributed by atoms with E-state index in [4.69, 9.17) is 0 Å². The van der Waals surface area contributed by atoms with E-state index in [1.807, 2.05) is 0 Å². The van der Waals surface area contributed by atoms with Crippen LogP contribution in [0.5, 0.6) is 0 Å². The second-order valence-electron chi connectivity index (χ2n) is 6.20. The topological polar surface area (TPSA) is 3.24 Å². The second-order valence-corrected chi connectivity index (χ2v) is 6.20. The lowest BCUT2D eigenvalue weighted by molar-refractivity contribution is 0.400. The minimum Gasteiger partial charge on any atom is -0.345 e. The lowest BCUT2D eigenvalue weighted by Gasteiger charge is -2.29. The number of nitrogens with zero attached hydrogens (tertiary/aromatic N) is 1. The zero-order chi connectivity index (χ0) is 14.9. The van der Waals surface area contributed by atoms with Gasteiger partial charge in [0.1, 0.15) is 0 Å². The highest BCUT2D eigenvalue weighted by Crippen LogP contribution is 2.53. The van der Waals surface area contributed by atoms with Gasteiger partial charge >= 0.3 is 0 Å². The van der Waals surface area contributed by atoms with E-state index in [0.717, 1.165) is 13.0 Å². The van der Waals surface area contributed by atoms with Gasteiger partial charge in [0.2, 0.25) is 0 Å². The van der Waals surface area contributed by atoms with E-state index < -0.39 is 0 Å². The molecule has 2 aliphatic rings. The Balaban J connectivity index is 2.06. The molecule has 1 aliphatic carbocycles. The number of likely N-dealkylation sites (N-methyl/N-ethyl adjacent to an activating group) is 1. The zero-order valence-electron chi connectivity index (χ0n) is 13.4. The number of hydrogen-bond acceptors (Lipinski definition) is 1. The van der Waals surface area contributed by atoms with Crippen LogP contribution >= 0.6 is 0 Å². The summed E-state index contributed by atoms with van der Waals surface area (Å²) in [7, 11) is 0. The van der Waals surface area contributed by atoms with Crippen molar-refractivity contribution in [3.8, 4) is 0 Å². The van der Waals surface area contributed by atoms with Crippen LogP contribution in [0.1, 0.15) is 39.2 Å². The smallest absolute Gasteiger partial charge is 0.0406 e. The number of allylic oxidation sites excluding steroid dienone is 5. The van der Waals surface area contributed by atoms with Gasteiger partial charge < -0.3 is 4.90 Å². The third-order valence-corrected chi connectivity index (χ3v) is 4.86. The molecule has 1 aliphatic heterocycles. The molecule has 0 radical (unpaired) electrons. The fourth-order valence-corrected chi connectivity index (χ4v) is 4.00. The van der Waals surface area contributed by atoms with Gasteiger partial charge in [-0.15, -0.1) is 0 Å². The molecule has 1 heteroatoms. The van der Waals surface area contributed by atoms with Crippen LogP contribution in [0.3, 0.4) is 0 Å². The molecule has 3 rings (SSSR count). The second kappa shape index (κ2) is 5.55. The summed E-state index contributed by atoms with van der Waals surface area (Å²) in [4.78, 5) is 2.51. The summed E-state index contributed by atoms with van der Waals surface area (Å²) in [6.07, 6.45) is 10.6. The molecule has 0 amide bonds. The van der Waals surface area contributed by atoms with Gasteiger partial charge in [0.05, 0.1) is 0 Å². The molecule has 0 spiro atoms. The normalized spacial score (nSPS) is 26.6. The largest absolute Gasteiger partial charge is 0.345 e. The van der Waals surface area contributed by atoms with Crippen molar-refractivity contribution < 1.29 is 0 Å². The van der Waals surface area contributed by atoms with Crippen LogP contribution in [0.2, 0.25) is 0 Å². The van der Waals surface area contributed by atoms with Crippen molar-refractivity contribution in [3.63, 3.8) is 0 Å². The molecule has 0 aromatic heterocycles. The van der Waals surface area contributed by atoms with Crippen LogP contribution in [0.15, 0.2) is 65.5 Å². The Morgan fingerprint density at radius 1 is 1.14 bits per heavy atom. The summed E-state index contributed by atoms with van der Waals surface area (Å²) in [5, 5.41) is 0. The van der Waals surface area contributed by atoms with E-state index in [1.165, 1.54) is 35.4 Å². The maximum absolute atomic E-state index is 2.51. The SMILES string of the molecule is C/C=C1\N(CC)C2=CCCC=C2C1(C)Cc1ccccc1. The van der Waals surface area contributed by atoms with E-state index in [0.29, 0.717) is 0 Å². The van der Waals surface area contributed by atoms with Crippen LogP contribution < -0.4 is 0 Å². The van der Waals surface area contributed by atoms with Crippen molar-refractivity contribution in [2.75, 3.05) is 6.54 Å². The standard InChI is InChI=1S/C20H25N/c1-4-19-20(3,15-16-11-7-6-8-12-16)17-13-9-10-14-18(17)21(19)5-2/h4,6-8,11-14H,5,9-10,15H2,1-3H3/b19-4-. The van der Waals surface area contributed by atoms with E-state index in [1.54, 1.807) is 0 Å². The maximum atomic E-state index is 2.51. The van der Waals surface area contributed by atoms with Crippen molar-refractivity contribution in [2.24, 2.45) is 5.41 Å². The maximum Gasteiger partial charge on any atom is 0.0406 e. The lowest BCUT2D eigenvalue weighted by Crippen LogP contribution is -2.24. The fourth-order valence-electron chi connectivity index (χ4n) is 4.00. The van der Waals surface area contributed by atoms with Crippen molar-refractivity contribution in [2.45, 2.75) is 40.0 Å². The number of fused-ring (bicyclic) bond motifs is 1. The third-order valence-electron chi connectivity index (χ3n) is 4.86. The molecule has 1 fully saturated rings. The third kappa shape index (κ3) is 2.25. The monoisotopic (exact) mass is 279 g/mol. The lowest BCUT2D eigenvalue weighted by atomic mass is 9.74. The van der Waals surface area contributed by atoms with Crippen molar-refractivity contribution in [1.82, 2.24) is 4.90 Å². The van der Waals surface area contributed by atoms with E-state index >= 15 is 0 Å². The highest BCUT2D eigenvalue weighted by Gasteiger charge is 2.45. The van der Waals surface area contributed by atoms with Gasteiger partial charge in [0.15, 0.2) is 0 Å². The van der Waals surface area contributed by atoms with Crippen LogP contribution in [-0.2, 0) is 6.42 Å². The number of rotatable bonds is 3. The average molecular weight is 279 g/mol. The van der Waals surface area contributed by atoms with Crippen LogP contribution in [-0.4, -0.2) is 11.4 Å². The van der Waals surface area contributed by atoms with Crippen LogP contribution in [0, 0.1) is 5.41 Å². The predicted octanol–water partition coefficient (Wildman–Crippen LogP) is 5.08. The van der Waals surface area contributed by atoms with Gasteiger partial charge in [-0.05, 0) is 51.2 Å². The minimum atomic E-state index is 0.109. The molecule has 1 saturated heterocycles. The summed E-state index contributed by atoms with van der Waals surface area (Å²) in [6.45, 7) is 7.90. The Bertz CT molecular complexity index is 606. The highest BCUT2D eigenvalue weighted by molar-refractivity contribution is 5.52. The Morgan fingerprint density at radius 3 is 2.52 bits per heavy atom. The Kier molecular flexibility index (Phi) is 3.75. The summed E-state index contributed by atoms with van der Waals surface area (Å²) >= 11 is 0. The van der Waals surface area contributed by atoms with E-state index in [9.17, 15) is 0 Å². The molecule has 1 atom stereocenters. The molecule has 1 aromatic rings. The van der Waals surface area contributed by atoms with Gasteiger partial charge in [-0.25, -0.2) is 0 Å². The fraction of sp³-hybridized carbons (Fsp3) is 0.400. The first-order valence-electron chi connectivity index (χ1n) is 8.10. The summed E-state index contributed by atoms with van der Waals surface area (Å²) in [5.74, 6) is 0. The van der Waals surface area contributed by atoms with Crippen LogP contribution in [0.25, 0.3) is 0 Å². The van der Waals surface area contributed by atoms with Gasteiger partial charge in [-0.2, -0.15) is 0 Å². The molecule has 1 aromatic carbocycles. The molecular weight excluding hydrogens is 254 g/mol.